The Kier molecular flexibility index (Phi) is 4.49. The molecule has 2 atom stereocenters. The van der Waals surface area contributed by atoms with Crippen molar-refractivity contribution in [3.63, 3.8) is 0 Å². The molecule has 0 bridgehead atoms. The zero-order valence-corrected chi connectivity index (χ0v) is 12.8. The Bertz CT molecular complexity index is 625. The van der Waals surface area contributed by atoms with Crippen molar-refractivity contribution in [2.45, 2.75) is 19.4 Å². The first kappa shape index (κ1) is 14.7. The van der Waals surface area contributed by atoms with Crippen LogP contribution in [-0.4, -0.2) is 24.0 Å². The average Bonchev–Trinajstić information content (AvgIpc) is 3.04. The largest absolute Gasteiger partial charge is 0.350 e. The van der Waals surface area contributed by atoms with Crippen LogP contribution in [-0.2, 0) is 11.3 Å². The molecule has 114 valence electrons. The molecule has 0 spiro atoms. The van der Waals surface area contributed by atoms with Gasteiger partial charge in [0.25, 0.3) is 0 Å². The summed E-state index contributed by atoms with van der Waals surface area (Å²) in [6.07, 6.45) is 1.74. The van der Waals surface area contributed by atoms with Crippen molar-refractivity contribution >= 4 is 5.91 Å². The summed E-state index contributed by atoms with van der Waals surface area (Å²) < 4.78 is 0. The first-order valence-corrected chi connectivity index (χ1v) is 7.69. The second-order valence-electron chi connectivity index (χ2n) is 5.82. The summed E-state index contributed by atoms with van der Waals surface area (Å²) in [7, 11) is 0. The minimum Gasteiger partial charge on any atom is -0.350 e. The molecule has 0 radical (unpaired) electrons. The van der Waals surface area contributed by atoms with Gasteiger partial charge in [-0.05, 0) is 24.6 Å². The predicted octanol–water partition coefficient (Wildman–Crippen LogP) is 2.01. The zero-order chi connectivity index (χ0) is 15.4. The highest BCUT2D eigenvalue weighted by molar-refractivity contribution is 5.80. The number of hydrogen-bond acceptors (Lipinski definition) is 3. The van der Waals surface area contributed by atoms with E-state index in [9.17, 15) is 4.79 Å². The summed E-state index contributed by atoms with van der Waals surface area (Å²) in [5.74, 6) is 0.317. The maximum absolute atomic E-state index is 12.5. The third-order valence-electron chi connectivity index (χ3n) is 4.23. The molecule has 2 heterocycles. The van der Waals surface area contributed by atoms with Gasteiger partial charge in [0.2, 0.25) is 5.91 Å². The number of aromatic nitrogens is 1. The first-order valence-electron chi connectivity index (χ1n) is 7.69. The van der Waals surface area contributed by atoms with Crippen LogP contribution in [0, 0.1) is 12.8 Å². The van der Waals surface area contributed by atoms with E-state index >= 15 is 0 Å². The monoisotopic (exact) mass is 295 g/mol. The topological polar surface area (TPSA) is 54.0 Å². The fraction of sp³-hybridized carbons (Fsp3) is 0.333. The van der Waals surface area contributed by atoms with Crippen LogP contribution in [0.1, 0.15) is 22.7 Å². The zero-order valence-electron chi connectivity index (χ0n) is 12.8. The molecule has 0 saturated carbocycles. The van der Waals surface area contributed by atoms with E-state index in [1.54, 1.807) is 6.20 Å². The summed E-state index contributed by atoms with van der Waals surface area (Å²) >= 11 is 0. The van der Waals surface area contributed by atoms with Crippen molar-refractivity contribution < 1.29 is 4.79 Å². The Morgan fingerprint density at radius 2 is 2.05 bits per heavy atom. The van der Waals surface area contributed by atoms with E-state index in [2.05, 4.69) is 46.8 Å². The van der Waals surface area contributed by atoms with Crippen molar-refractivity contribution in [2.24, 2.45) is 5.92 Å². The minimum absolute atomic E-state index is 0.0218. The molecule has 3 rings (SSSR count). The Hall–Kier alpha value is -2.20. The lowest BCUT2D eigenvalue weighted by Gasteiger charge is -2.18. The maximum atomic E-state index is 12.5. The van der Waals surface area contributed by atoms with Gasteiger partial charge in [0.15, 0.2) is 0 Å². The van der Waals surface area contributed by atoms with Gasteiger partial charge in [-0.25, -0.2) is 0 Å². The summed E-state index contributed by atoms with van der Waals surface area (Å²) in [4.78, 5) is 16.7. The number of hydrogen-bond donors (Lipinski definition) is 2. The van der Waals surface area contributed by atoms with E-state index in [1.807, 2.05) is 18.2 Å². The number of aryl methyl sites for hydroxylation is 1. The van der Waals surface area contributed by atoms with Crippen LogP contribution < -0.4 is 10.6 Å². The second kappa shape index (κ2) is 6.71. The number of rotatable bonds is 4. The number of carbonyl (C=O) groups is 1. The van der Waals surface area contributed by atoms with Crippen LogP contribution in [0.4, 0.5) is 0 Å². The molecule has 1 aliphatic rings. The SMILES string of the molecule is Cc1ccc(C2CNCC2C(=O)NCc2ccccn2)cc1. The highest BCUT2D eigenvalue weighted by Crippen LogP contribution is 2.28. The van der Waals surface area contributed by atoms with Crippen LogP contribution >= 0.6 is 0 Å². The van der Waals surface area contributed by atoms with E-state index in [1.165, 1.54) is 11.1 Å². The van der Waals surface area contributed by atoms with Gasteiger partial charge in [-0.15, -0.1) is 0 Å². The normalized spacial score (nSPS) is 20.8. The fourth-order valence-electron chi connectivity index (χ4n) is 2.93. The Balaban J connectivity index is 1.65. The molecular formula is C18H21N3O. The second-order valence-corrected chi connectivity index (χ2v) is 5.82. The molecule has 2 N–H and O–H groups in total. The van der Waals surface area contributed by atoms with Gasteiger partial charge in [-0.3, -0.25) is 9.78 Å². The Morgan fingerprint density at radius 3 is 2.77 bits per heavy atom. The molecular weight excluding hydrogens is 274 g/mol. The van der Waals surface area contributed by atoms with E-state index in [4.69, 9.17) is 0 Å². The number of pyridine rings is 1. The third-order valence-corrected chi connectivity index (χ3v) is 4.23. The first-order chi connectivity index (χ1) is 10.7. The number of nitrogens with one attached hydrogen (secondary N) is 2. The van der Waals surface area contributed by atoms with Gasteiger partial charge in [-0.2, -0.15) is 0 Å². The summed E-state index contributed by atoms with van der Waals surface area (Å²) in [5, 5.41) is 6.35. The van der Waals surface area contributed by atoms with Gasteiger partial charge in [0.1, 0.15) is 0 Å². The third kappa shape index (κ3) is 3.34. The summed E-state index contributed by atoms with van der Waals surface area (Å²) in [5.41, 5.74) is 3.35. The van der Waals surface area contributed by atoms with Crippen molar-refractivity contribution in [1.29, 1.82) is 0 Å². The fourth-order valence-corrected chi connectivity index (χ4v) is 2.93. The Labute approximate surface area is 131 Å². The summed E-state index contributed by atoms with van der Waals surface area (Å²) in [6, 6.07) is 14.2. The van der Waals surface area contributed by atoms with Gasteiger partial charge < -0.3 is 10.6 Å². The predicted molar refractivity (Wildman–Crippen MR) is 86.4 cm³/mol. The van der Waals surface area contributed by atoms with Crippen molar-refractivity contribution in [3.05, 3.63) is 65.5 Å². The molecule has 4 heteroatoms. The molecule has 1 saturated heterocycles. The standard InChI is InChI=1S/C18H21N3O/c1-13-5-7-14(8-6-13)16-11-19-12-17(16)18(22)21-10-15-4-2-3-9-20-15/h2-9,16-17,19H,10-12H2,1H3,(H,21,22). The smallest absolute Gasteiger partial charge is 0.225 e. The van der Waals surface area contributed by atoms with E-state index in [-0.39, 0.29) is 17.7 Å². The molecule has 1 fully saturated rings. The quantitative estimate of drug-likeness (QED) is 0.907. The highest BCUT2D eigenvalue weighted by Gasteiger charge is 2.33. The molecule has 1 aromatic carbocycles. The lowest BCUT2D eigenvalue weighted by atomic mass is 9.88. The van der Waals surface area contributed by atoms with Gasteiger partial charge in [0.05, 0.1) is 18.2 Å². The van der Waals surface area contributed by atoms with Crippen molar-refractivity contribution in [3.8, 4) is 0 Å². The van der Waals surface area contributed by atoms with E-state index in [0.717, 1.165) is 18.8 Å². The molecule has 22 heavy (non-hydrogen) atoms. The van der Waals surface area contributed by atoms with Crippen molar-refractivity contribution in [2.75, 3.05) is 13.1 Å². The lowest BCUT2D eigenvalue weighted by molar-refractivity contribution is -0.125. The highest BCUT2D eigenvalue weighted by atomic mass is 16.1. The number of amides is 1. The lowest BCUT2D eigenvalue weighted by Crippen LogP contribution is -2.34. The number of carbonyl (C=O) groups excluding carboxylic acids is 1. The van der Waals surface area contributed by atoms with Gasteiger partial charge in [0, 0.05) is 25.2 Å². The van der Waals surface area contributed by atoms with Crippen molar-refractivity contribution in [1.82, 2.24) is 15.6 Å². The molecule has 1 aliphatic heterocycles. The van der Waals surface area contributed by atoms with Crippen LogP contribution in [0.2, 0.25) is 0 Å². The van der Waals surface area contributed by atoms with Crippen LogP contribution in [0.3, 0.4) is 0 Å². The number of benzene rings is 1. The maximum Gasteiger partial charge on any atom is 0.225 e. The van der Waals surface area contributed by atoms with E-state index in [0.29, 0.717) is 6.54 Å². The summed E-state index contributed by atoms with van der Waals surface area (Å²) in [6.45, 7) is 4.14. The molecule has 2 aromatic rings. The van der Waals surface area contributed by atoms with Crippen LogP contribution in [0.5, 0.6) is 0 Å². The molecule has 0 aliphatic carbocycles. The average molecular weight is 295 g/mol. The van der Waals surface area contributed by atoms with Gasteiger partial charge in [-0.1, -0.05) is 35.9 Å². The molecule has 2 unspecified atom stereocenters. The number of nitrogens with zero attached hydrogens (tertiary/aromatic N) is 1. The molecule has 1 amide bonds. The van der Waals surface area contributed by atoms with Crippen LogP contribution in [0.15, 0.2) is 48.7 Å². The molecule has 1 aromatic heterocycles. The minimum atomic E-state index is -0.0218. The van der Waals surface area contributed by atoms with Crippen LogP contribution in [0.25, 0.3) is 0 Å². The Morgan fingerprint density at radius 1 is 1.23 bits per heavy atom. The molecule has 4 nitrogen and oxygen atoms in total. The van der Waals surface area contributed by atoms with E-state index < -0.39 is 0 Å². The van der Waals surface area contributed by atoms with Gasteiger partial charge >= 0.3 is 0 Å².